The summed E-state index contributed by atoms with van der Waals surface area (Å²) in [5, 5.41) is 7.57. The Morgan fingerprint density at radius 3 is 1.89 bits per heavy atom. The molecule has 0 saturated heterocycles. The van der Waals surface area contributed by atoms with Gasteiger partial charge >= 0.3 is 0 Å². The van der Waals surface area contributed by atoms with E-state index in [1.165, 1.54) is 0 Å². The fourth-order valence-corrected chi connectivity index (χ4v) is 0.192. The summed E-state index contributed by atoms with van der Waals surface area (Å²) in [6.07, 6.45) is 1.64. The molecule has 0 radical (unpaired) electrons. The largest absolute Gasteiger partial charge is 0.397 e. The van der Waals surface area contributed by atoms with Gasteiger partial charge < -0.3 is 9.90 Å². The third-order valence-corrected chi connectivity index (χ3v) is 0.568. The number of aliphatic hydroxyl groups is 1. The molecule has 0 aliphatic heterocycles. The first-order valence-corrected chi connectivity index (χ1v) is 3.23. The highest BCUT2D eigenvalue weighted by atomic mass is 16.2. The average Bonchev–Trinajstić information content (AvgIpc) is 1.67. The summed E-state index contributed by atoms with van der Waals surface area (Å²) in [6, 6.07) is 0. The topological polar surface area (TPSA) is 37.3 Å². The van der Waals surface area contributed by atoms with Crippen LogP contribution in [0.2, 0.25) is 0 Å². The Balaban J connectivity index is 0. The second-order valence-electron chi connectivity index (χ2n) is 2.11. The van der Waals surface area contributed by atoms with Gasteiger partial charge in [-0.2, -0.15) is 0 Å². The maximum absolute atomic E-state index is 9.62. The molecule has 0 saturated carbocycles. The van der Waals surface area contributed by atoms with Crippen LogP contribution in [0.25, 0.3) is 0 Å². The Hall–Kier alpha value is -0.370. The molecule has 0 aromatic rings. The number of carbonyl (C=O) groups excluding carboxylic acids is 1. The predicted octanol–water partition coefficient (Wildman–Crippen LogP) is 1.23. The predicted molar refractivity (Wildman–Crippen MR) is 38.3 cm³/mol. The van der Waals surface area contributed by atoms with Crippen LogP contribution in [-0.4, -0.2) is 18.0 Å². The van der Waals surface area contributed by atoms with Crippen LogP contribution in [0.4, 0.5) is 0 Å². The minimum atomic E-state index is 0.250. The van der Waals surface area contributed by atoms with Crippen molar-refractivity contribution in [1.29, 1.82) is 0 Å². The van der Waals surface area contributed by atoms with Crippen LogP contribution in [0.5, 0.6) is 0 Å². The molecular weight excluding hydrogens is 116 g/mol. The lowest BCUT2D eigenvalue weighted by Crippen LogP contribution is -1.84. The monoisotopic (exact) mass is 132 g/mol. The maximum Gasteiger partial charge on any atom is 0.120 e. The SMILES string of the molecule is CC(C)CC=O.CCO. The quantitative estimate of drug-likeness (QED) is 0.574. The zero-order valence-corrected chi connectivity index (χ0v) is 6.42. The molecule has 0 aliphatic rings. The van der Waals surface area contributed by atoms with Crippen molar-refractivity contribution in [2.45, 2.75) is 27.2 Å². The Bertz CT molecular complexity index is 50.9. The molecule has 0 aromatic carbocycles. The number of hydrogen-bond donors (Lipinski definition) is 1. The molecule has 0 bridgehead atoms. The van der Waals surface area contributed by atoms with Gasteiger partial charge in [-0.1, -0.05) is 13.8 Å². The van der Waals surface area contributed by atoms with Gasteiger partial charge in [-0.15, -0.1) is 0 Å². The summed E-state index contributed by atoms with van der Waals surface area (Å²) >= 11 is 0. The lowest BCUT2D eigenvalue weighted by atomic mass is 10.2. The van der Waals surface area contributed by atoms with Crippen molar-refractivity contribution in [2.75, 3.05) is 6.61 Å². The minimum absolute atomic E-state index is 0.250. The average molecular weight is 132 g/mol. The Kier molecular flexibility index (Phi) is 13.4. The van der Waals surface area contributed by atoms with E-state index >= 15 is 0 Å². The van der Waals surface area contributed by atoms with Crippen LogP contribution in [0, 0.1) is 5.92 Å². The Morgan fingerprint density at radius 1 is 1.56 bits per heavy atom. The van der Waals surface area contributed by atoms with E-state index in [0.29, 0.717) is 12.3 Å². The Labute approximate surface area is 56.9 Å². The van der Waals surface area contributed by atoms with Crippen molar-refractivity contribution in [3.63, 3.8) is 0 Å². The van der Waals surface area contributed by atoms with Gasteiger partial charge in [0.1, 0.15) is 6.29 Å². The molecule has 0 amide bonds. The van der Waals surface area contributed by atoms with Crippen LogP contribution >= 0.6 is 0 Å². The molecule has 0 aromatic heterocycles. The molecule has 2 nitrogen and oxygen atoms in total. The van der Waals surface area contributed by atoms with Crippen LogP contribution in [0.3, 0.4) is 0 Å². The fraction of sp³-hybridized carbons (Fsp3) is 0.857. The van der Waals surface area contributed by atoms with E-state index < -0.39 is 0 Å². The summed E-state index contributed by atoms with van der Waals surface area (Å²) in [5.41, 5.74) is 0. The third-order valence-electron chi connectivity index (χ3n) is 0.568. The molecule has 9 heavy (non-hydrogen) atoms. The third kappa shape index (κ3) is 35.0. The number of carbonyl (C=O) groups is 1. The van der Waals surface area contributed by atoms with E-state index in [1.807, 2.05) is 13.8 Å². The molecular formula is C7H16O2. The molecule has 0 unspecified atom stereocenters. The molecule has 0 atom stereocenters. The van der Waals surface area contributed by atoms with Crippen molar-refractivity contribution in [3.8, 4) is 0 Å². The van der Waals surface area contributed by atoms with Crippen molar-refractivity contribution in [1.82, 2.24) is 0 Å². The van der Waals surface area contributed by atoms with Gasteiger partial charge in [0.25, 0.3) is 0 Å². The highest BCUT2D eigenvalue weighted by Gasteiger charge is 1.85. The van der Waals surface area contributed by atoms with Gasteiger partial charge in [-0.05, 0) is 12.8 Å². The highest BCUT2D eigenvalue weighted by molar-refractivity contribution is 5.49. The number of rotatable bonds is 2. The van der Waals surface area contributed by atoms with E-state index in [2.05, 4.69) is 0 Å². The van der Waals surface area contributed by atoms with Crippen molar-refractivity contribution in [2.24, 2.45) is 5.92 Å². The Morgan fingerprint density at radius 2 is 1.89 bits per heavy atom. The lowest BCUT2D eigenvalue weighted by Gasteiger charge is -1.89. The second-order valence-corrected chi connectivity index (χ2v) is 2.11. The van der Waals surface area contributed by atoms with E-state index in [4.69, 9.17) is 5.11 Å². The van der Waals surface area contributed by atoms with Gasteiger partial charge in [0.2, 0.25) is 0 Å². The molecule has 2 heteroatoms. The first-order valence-electron chi connectivity index (χ1n) is 3.23. The van der Waals surface area contributed by atoms with Gasteiger partial charge in [-0.3, -0.25) is 0 Å². The molecule has 0 aliphatic carbocycles. The van der Waals surface area contributed by atoms with Gasteiger partial charge in [0, 0.05) is 13.0 Å². The second kappa shape index (κ2) is 10.6. The van der Waals surface area contributed by atoms with Crippen LogP contribution in [0.1, 0.15) is 27.2 Å². The maximum atomic E-state index is 9.62. The number of hydrogen-bond acceptors (Lipinski definition) is 2. The summed E-state index contributed by atoms with van der Waals surface area (Å²) in [4.78, 5) is 9.62. The first-order chi connectivity index (χ1) is 4.18. The van der Waals surface area contributed by atoms with Crippen LogP contribution in [0.15, 0.2) is 0 Å². The van der Waals surface area contributed by atoms with Crippen LogP contribution < -0.4 is 0 Å². The zero-order valence-electron chi connectivity index (χ0n) is 6.42. The summed E-state index contributed by atoms with van der Waals surface area (Å²) in [6.45, 7) is 5.98. The van der Waals surface area contributed by atoms with Crippen molar-refractivity contribution >= 4 is 6.29 Å². The number of aldehydes is 1. The van der Waals surface area contributed by atoms with Gasteiger partial charge in [0.15, 0.2) is 0 Å². The molecule has 1 N–H and O–H groups in total. The van der Waals surface area contributed by atoms with Crippen LogP contribution in [-0.2, 0) is 4.79 Å². The minimum Gasteiger partial charge on any atom is -0.397 e. The first kappa shape index (κ1) is 11.4. The van der Waals surface area contributed by atoms with E-state index in [1.54, 1.807) is 6.92 Å². The normalized spacial score (nSPS) is 8.11. The zero-order chi connectivity index (χ0) is 7.70. The van der Waals surface area contributed by atoms with E-state index in [9.17, 15) is 4.79 Å². The van der Waals surface area contributed by atoms with Crippen molar-refractivity contribution < 1.29 is 9.90 Å². The van der Waals surface area contributed by atoms with Gasteiger partial charge in [-0.25, -0.2) is 0 Å². The lowest BCUT2D eigenvalue weighted by molar-refractivity contribution is -0.108. The fourth-order valence-electron chi connectivity index (χ4n) is 0.192. The molecule has 0 heterocycles. The molecule has 0 rings (SSSR count). The summed E-state index contributed by atoms with van der Waals surface area (Å²) in [7, 11) is 0. The highest BCUT2D eigenvalue weighted by Crippen LogP contribution is 1.92. The number of aliphatic hydroxyl groups excluding tert-OH is 1. The smallest absolute Gasteiger partial charge is 0.120 e. The molecule has 56 valence electrons. The standard InChI is InChI=1S/C5H10O.C2H6O/c1-5(2)3-4-6;1-2-3/h4-5H,3H2,1-2H3;3H,2H2,1H3. The van der Waals surface area contributed by atoms with E-state index in [0.717, 1.165) is 6.29 Å². The van der Waals surface area contributed by atoms with E-state index in [-0.39, 0.29) is 6.61 Å². The van der Waals surface area contributed by atoms with Gasteiger partial charge in [0.05, 0.1) is 0 Å². The molecule has 0 fully saturated rings. The summed E-state index contributed by atoms with van der Waals surface area (Å²) in [5.74, 6) is 0.530. The molecule has 0 spiro atoms. The summed E-state index contributed by atoms with van der Waals surface area (Å²) < 4.78 is 0. The van der Waals surface area contributed by atoms with Crippen molar-refractivity contribution in [3.05, 3.63) is 0 Å².